The number of aromatic nitrogens is 4. The van der Waals surface area contributed by atoms with Gasteiger partial charge in [0.1, 0.15) is 27.7 Å². The van der Waals surface area contributed by atoms with Gasteiger partial charge in [-0.3, -0.25) is 18.7 Å². The summed E-state index contributed by atoms with van der Waals surface area (Å²) in [5, 5.41) is 3.08. The van der Waals surface area contributed by atoms with E-state index in [1.807, 2.05) is 0 Å². The first kappa shape index (κ1) is 24.9. The maximum atomic E-state index is 13.4. The molecular weight excluding hydrogens is 489 g/mol. The zero-order valence-electron chi connectivity index (χ0n) is 19.9. The first-order valence-electron chi connectivity index (χ1n) is 10.6. The number of halogens is 1. The Balaban J connectivity index is 1.72. The van der Waals surface area contributed by atoms with Crippen LogP contribution in [-0.4, -0.2) is 45.0 Å². The van der Waals surface area contributed by atoms with E-state index < -0.39 is 17.1 Å². The number of hydrogen-bond acceptors (Lipinski definition) is 8. The van der Waals surface area contributed by atoms with E-state index in [4.69, 9.17) is 9.47 Å². The Morgan fingerprint density at radius 3 is 2.42 bits per heavy atom. The zero-order chi connectivity index (χ0) is 26.0. The van der Waals surface area contributed by atoms with E-state index >= 15 is 0 Å². The van der Waals surface area contributed by atoms with Gasteiger partial charge in [-0.1, -0.05) is 11.8 Å². The number of thioether (sulfide) groups is 1. The van der Waals surface area contributed by atoms with Gasteiger partial charge in [-0.2, -0.15) is 0 Å². The second kappa shape index (κ2) is 10.2. The summed E-state index contributed by atoms with van der Waals surface area (Å²) >= 11 is 1.02. The number of carbonyl (C=O) groups is 1. The lowest BCUT2D eigenvalue weighted by molar-refractivity contribution is -0.113. The van der Waals surface area contributed by atoms with E-state index in [1.54, 1.807) is 18.2 Å². The summed E-state index contributed by atoms with van der Waals surface area (Å²) in [5.41, 5.74) is -0.102. The molecule has 0 aliphatic carbocycles. The van der Waals surface area contributed by atoms with Crippen molar-refractivity contribution in [2.24, 2.45) is 14.1 Å². The van der Waals surface area contributed by atoms with E-state index in [0.29, 0.717) is 22.7 Å². The van der Waals surface area contributed by atoms with E-state index in [-0.39, 0.29) is 33.5 Å². The number of anilines is 1. The summed E-state index contributed by atoms with van der Waals surface area (Å²) in [6.07, 6.45) is 0. The van der Waals surface area contributed by atoms with Crippen LogP contribution >= 0.6 is 11.8 Å². The summed E-state index contributed by atoms with van der Waals surface area (Å²) in [6, 6.07) is 10.5. The average Bonchev–Trinajstić information content (AvgIpc) is 2.89. The highest BCUT2D eigenvalue weighted by atomic mass is 32.2. The molecular formula is C24H22FN5O5S. The van der Waals surface area contributed by atoms with Crippen LogP contribution < -0.4 is 26.0 Å². The van der Waals surface area contributed by atoms with E-state index in [1.165, 1.54) is 57.1 Å². The Labute approximate surface area is 208 Å². The monoisotopic (exact) mass is 511 g/mol. The minimum atomic E-state index is -0.585. The molecule has 0 radical (unpaired) electrons. The predicted molar refractivity (Wildman–Crippen MR) is 134 cm³/mol. The normalized spacial score (nSPS) is 10.9. The fraction of sp³-hybridized carbons (Fsp3) is 0.208. The molecule has 2 aromatic carbocycles. The molecule has 2 heterocycles. The van der Waals surface area contributed by atoms with Crippen LogP contribution in [0, 0.1) is 5.82 Å². The third-order valence-corrected chi connectivity index (χ3v) is 6.37. The number of hydrogen-bond donors (Lipinski definition) is 1. The lowest BCUT2D eigenvalue weighted by atomic mass is 10.2. The van der Waals surface area contributed by atoms with Crippen molar-refractivity contribution in [1.29, 1.82) is 0 Å². The van der Waals surface area contributed by atoms with Gasteiger partial charge in [-0.15, -0.1) is 0 Å². The molecule has 10 nitrogen and oxygen atoms in total. The summed E-state index contributed by atoms with van der Waals surface area (Å²) in [4.78, 5) is 47.1. The Morgan fingerprint density at radius 2 is 1.75 bits per heavy atom. The Morgan fingerprint density at radius 1 is 1.03 bits per heavy atom. The van der Waals surface area contributed by atoms with Gasteiger partial charge in [0.25, 0.3) is 5.56 Å². The van der Waals surface area contributed by atoms with Crippen LogP contribution in [0.15, 0.2) is 57.1 Å². The number of nitrogens with zero attached hydrogens (tertiary/aromatic N) is 4. The maximum Gasteiger partial charge on any atom is 0.332 e. The standard InChI is InChI=1S/C24H22FN5O5S/c1-29-21-19(23(32)30(2)24(29)33)22(28-20(27-21)13-5-7-14(25)8-6-13)36-12-18(31)26-16-10-9-15(34-3)11-17(16)35-4/h5-11H,12H2,1-4H3,(H,26,31). The summed E-state index contributed by atoms with van der Waals surface area (Å²) < 4.78 is 26.1. The van der Waals surface area contributed by atoms with Gasteiger partial charge in [0.05, 0.1) is 25.7 Å². The van der Waals surface area contributed by atoms with Crippen molar-refractivity contribution in [2.45, 2.75) is 5.03 Å². The topological polar surface area (TPSA) is 117 Å². The molecule has 0 saturated heterocycles. The fourth-order valence-electron chi connectivity index (χ4n) is 3.48. The number of nitrogens with one attached hydrogen (secondary N) is 1. The number of amides is 1. The highest BCUT2D eigenvalue weighted by Gasteiger charge is 2.19. The van der Waals surface area contributed by atoms with E-state index in [2.05, 4.69) is 15.3 Å². The van der Waals surface area contributed by atoms with Gasteiger partial charge in [-0.25, -0.2) is 19.2 Å². The van der Waals surface area contributed by atoms with Crippen molar-refractivity contribution in [1.82, 2.24) is 19.1 Å². The third kappa shape index (κ3) is 4.80. The quantitative estimate of drug-likeness (QED) is 0.297. The Bertz CT molecular complexity index is 1580. The second-order valence-electron chi connectivity index (χ2n) is 7.67. The zero-order valence-corrected chi connectivity index (χ0v) is 20.7. The molecule has 1 N–H and O–H groups in total. The summed E-state index contributed by atoms with van der Waals surface area (Å²) in [7, 11) is 5.84. The highest BCUT2D eigenvalue weighted by molar-refractivity contribution is 8.00. The molecule has 186 valence electrons. The van der Waals surface area contributed by atoms with Crippen LogP contribution in [0.2, 0.25) is 0 Å². The largest absolute Gasteiger partial charge is 0.497 e. The molecule has 0 saturated carbocycles. The van der Waals surface area contributed by atoms with Crippen LogP contribution in [0.1, 0.15) is 0 Å². The van der Waals surface area contributed by atoms with E-state index in [0.717, 1.165) is 16.3 Å². The molecule has 0 aliphatic rings. The van der Waals surface area contributed by atoms with E-state index in [9.17, 15) is 18.8 Å². The van der Waals surface area contributed by atoms with Crippen molar-refractivity contribution in [3.63, 3.8) is 0 Å². The lowest BCUT2D eigenvalue weighted by Gasteiger charge is -2.13. The average molecular weight is 512 g/mol. The third-order valence-electron chi connectivity index (χ3n) is 5.39. The molecule has 36 heavy (non-hydrogen) atoms. The number of ether oxygens (including phenoxy) is 2. The van der Waals surface area contributed by atoms with Gasteiger partial charge < -0.3 is 14.8 Å². The van der Waals surface area contributed by atoms with Crippen LogP contribution in [0.5, 0.6) is 11.5 Å². The van der Waals surface area contributed by atoms with Crippen molar-refractivity contribution >= 4 is 34.4 Å². The molecule has 0 unspecified atom stereocenters. The fourth-order valence-corrected chi connectivity index (χ4v) is 4.30. The molecule has 2 aromatic heterocycles. The number of fused-ring (bicyclic) bond motifs is 1. The molecule has 0 bridgehead atoms. The molecule has 1 amide bonds. The predicted octanol–water partition coefficient (Wildman–Crippen LogP) is 2.58. The molecule has 0 spiro atoms. The minimum Gasteiger partial charge on any atom is -0.497 e. The van der Waals surface area contributed by atoms with Crippen LogP contribution in [0.3, 0.4) is 0 Å². The first-order chi connectivity index (χ1) is 17.2. The Kier molecular flexibility index (Phi) is 7.06. The number of carbonyl (C=O) groups excluding carboxylic acids is 1. The number of benzene rings is 2. The van der Waals surface area contributed by atoms with Gasteiger partial charge in [-0.05, 0) is 36.4 Å². The summed E-state index contributed by atoms with van der Waals surface area (Å²) in [6.45, 7) is 0. The van der Waals surface area contributed by atoms with Crippen LogP contribution in [0.4, 0.5) is 10.1 Å². The van der Waals surface area contributed by atoms with Crippen LogP contribution in [0.25, 0.3) is 22.4 Å². The SMILES string of the molecule is COc1ccc(NC(=O)CSc2nc(-c3ccc(F)cc3)nc3c2c(=O)n(C)c(=O)n3C)c(OC)c1. The number of methoxy groups -OCH3 is 2. The second-order valence-corrected chi connectivity index (χ2v) is 8.63. The molecule has 0 atom stereocenters. The molecule has 12 heteroatoms. The minimum absolute atomic E-state index is 0.101. The van der Waals surface area contributed by atoms with Gasteiger partial charge in [0, 0.05) is 25.7 Å². The maximum absolute atomic E-state index is 13.4. The molecule has 4 rings (SSSR count). The first-order valence-corrected chi connectivity index (χ1v) is 11.6. The lowest BCUT2D eigenvalue weighted by Crippen LogP contribution is -2.37. The van der Waals surface area contributed by atoms with Gasteiger partial charge in [0.2, 0.25) is 5.91 Å². The van der Waals surface area contributed by atoms with Crippen molar-refractivity contribution in [3.05, 3.63) is 69.1 Å². The van der Waals surface area contributed by atoms with Gasteiger partial charge >= 0.3 is 5.69 Å². The smallest absolute Gasteiger partial charge is 0.332 e. The molecule has 4 aromatic rings. The number of aryl methyl sites for hydroxylation is 1. The van der Waals surface area contributed by atoms with Crippen molar-refractivity contribution in [2.75, 3.05) is 25.3 Å². The molecule has 0 aliphatic heterocycles. The highest BCUT2D eigenvalue weighted by Crippen LogP contribution is 2.30. The molecule has 0 fully saturated rings. The van der Waals surface area contributed by atoms with Crippen molar-refractivity contribution < 1.29 is 18.7 Å². The van der Waals surface area contributed by atoms with Crippen LogP contribution in [-0.2, 0) is 18.9 Å². The van der Waals surface area contributed by atoms with Crippen molar-refractivity contribution in [3.8, 4) is 22.9 Å². The summed E-state index contributed by atoms with van der Waals surface area (Å²) in [5.74, 6) is 0.270. The Hall–Kier alpha value is -4.19. The number of rotatable bonds is 7. The van der Waals surface area contributed by atoms with Gasteiger partial charge in [0.15, 0.2) is 11.5 Å².